The standard InChI is InChI=1S/C20H19ClF3N3O2/c21-14-1-4-16(25-11-14)12-26-9-7-19(8-10-26)13-27(18(28)20(23,24)29-19)17-5-2-15(22)3-6-17/h1-6,11H,7-10,12-13H2. The molecule has 4 rings (SSSR count). The lowest BCUT2D eigenvalue weighted by molar-refractivity contribution is -0.293. The molecule has 2 aliphatic rings. The zero-order chi connectivity index (χ0) is 20.6. The first-order valence-electron chi connectivity index (χ1n) is 9.25. The summed E-state index contributed by atoms with van der Waals surface area (Å²) in [6.07, 6.45) is -1.69. The molecule has 9 heteroatoms. The van der Waals surface area contributed by atoms with Crippen molar-refractivity contribution in [1.29, 1.82) is 0 Å². The Balaban J connectivity index is 1.48. The summed E-state index contributed by atoms with van der Waals surface area (Å²) in [5, 5.41) is 0.551. The van der Waals surface area contributed by atoms with E-state index in [1.807, 2.05) is 6.07 Å². The minimum Gasteiger partial charge on any atom is -0.304 e. The summed E-state index contributed by atoms with van der Waals surface area (Å²) in [6.45, 7) is 1.61. The van der Waals surface area contributed by atoms with Gasteiger partial charge in [0.1, 0.15) is 5.82 Å². The Hall–Kier alpha value is -2.16. The first-order valence-corrected chi connectivity index (χ1v) is 9.63. The fraction of sp³-hybridized carbons (Fsp3) is 0.400. The molecule has 5 nitrogen and oxygen atoms in total. The fourth-order valence-electron chi connectivity index (χ4n) is 3.80. The molecular formula is C20H19ClF3N3O2. The lowest BCUT2D eigenvalue weighted by atomic mass is 9.88. The van der Waals surface area contributed by atoms with Gasteiger partial charge in [0.05, 0.1) is 22.9 Å². The van der Waals surface area contributed by atoms with Crippen LogP contribution in [0.4, 0.5) is 18.9 Å². The second-order valence-electron chi connectivity index (χ2n) is 7.41. The zero-order valence-electron chi connectivity index (χ0n) is 15.5. The first kappa shape index (κ1) is 20.1. The predicted octanol–water partition coefficient (Wildman–Crippen LogP) is 3.86. The lowest BCUT2D eigenvalue weighted by Gasteiger charge is -2.48. The Morgan fingerprint density at radius 1 is 1.10 bits per heavy atom. The quantitative estimate of drug-likeness (QED) is 0.749. The Morgan fingerprint density at radius 2 is 1.79 bits per heavy atom. The average Bonchev–Trinajstić information content (AvgIpc) is 2.69. The number of nitrogens with zero attached hydrogens (tertiary/aromatic N) is 3. The Labute approximate surface area is 171 Å². The van der Waals surface area contributed by atoms with Gasteiger partial charge in [-0.25, -0.2) is 4.39 Å². The van der Waals surface area contributed by atoms with E-state index in [9.17, 15) is 18.0 Å². The van der Waals surface area contributed by atoms with Crippen LogP contribution in [0.25, 0.3) is 0 Å². The number of aromatic nitrogens is 1. The van der Waals surface area contributed by atoms with E-state index in [0.29, 0.717) is 37.5 Å². The number of hydrogen-bond acceptors (Lipinski definition) is 4. The second kappa shape index (κ2) is 7.59. The van der Waals surface area contributed by atoms with Crippen LogP contribution in [-0.4, -0.2) is 47.1 Å². The number of amides is 1. The third-order valence-electron chi connectivity index (χ3n) is 5.36. The molecule has 0 radical (unpaired) electrons. The smallest absolute Gasteiger partial charge is 0.304 e. The molecule has 1 amide bonds. The fourth-order valence-corrected chi connectivity index (χ4v) is 3.91. The Kier molecular flexibility index (Phi) is 5.27. The molecule has 2 saturated heterocycles. The van der Waals surface area contributed by atoms with E-state index >= 15 is 0 Å². The molecule has 0 aliphatic carbocycles. The number of halogens is 4. The molecule has 0 unspecified atom stereocenters. The number of morpholine rings is 1. The van der Waals surface area contributed by atoms with Crippen LogP contribution in [0, 0.1) is 5.82 Å². The number of rotatable bonds is 3. The summed E-state index contributed by atoms with van der Waals surface area (Å²) in [5.74, 6) is -1.93. The summed E-state index contributed by atoms with van der Waals surface area (Å²) in [5.41, 5.74) is -0.0923. The minimum atomic E-state index is -3.92. The Morgan fingerprint density at radius 3 is 2.41 bits per heavy atom. The van der Waals surface area contributed by atoms with Gasteiger partial charge in [-0.05, 0) is 49.2 Å². The normalized spacial score (nSPS) is 21.5. The van der Waals surface area contributed by atoms with Crippen LogP contribution in [0.1, 0.15) is 18.5 Å². The van der Waals surface area contributed by atoms with Crippen molar-refractivity contribution in [2.24, 2.45) is 0 Å². The molecule has 1 spiro atoms. The van der Waals surface area contributed by atoms with Crippen LogP contribution in [0.3, 0.4) is 0 Å². The van der Waals surface area contributed by atoms with Crippen molar-refractivity contribution in [2.75, 3.05) is 24.5 Å². The molecule has 0 atom stereocenters. The number of ether oxygens (including phenoxy) is 1. The first-order chi connectivity index (χ1) is 13.8. The van der Waals surface area contributed by atoms with Crippen molar-refractivity contribution < 1.29 is 22.7 Å². The van der Waals surface area contributed by atoms with Crippen LogP contribution in [0.5, 0.6) is 0 Å². The van der Waals surface area contributed by atoms with Crippen molar-refractivity contribution in [1.82, 2.24) is 9.88 Å². The monoisotopic (exact) mass is 425 g/mol. The number of carbonyl (C=O) groups excluding carboxylic acids is 1. The molecule has 2 fully saturated rings. The van der Waals surface area contributed by atoms with Gasteiger partial charge in [-0.2, -0.15) is 8.78 Å². The molecule has 2 aromatic rings. The molecule has 154 valence electrons. The van der Waals surface area contributed by atoms with E-state index < -0.39 is 23.4 Å². The van der Waals surface area contributed by atoms with E-state index in [0.717, 1.165) is 22.7 Å². The van der Waals surface area contributed by atoms with Gasteiger partial charge < -0.3 is 9.64 Å². The largest absolute Gasteiger partial charge is 0.437 e. The van der Waals surface area contributed by atoms with Crippen LogP contribution < -0.4 is 4.90 Å². The van der Waals surface area contributed by atoms with Crippen molar-refractivity contribution in [3.05, 3.63) is 59.1 Å². The summed E-state index contributed by atoms with van der Waals surface area (Å²) in [7, 11) is 0. The Bertz CT molecular complexity index is 885. The molecule has 0 bridgehead atoms. The van der Waals surface area contributed by atoms with Crippen LogP contribution in [-0.2, 0) is 16.1 Å². The number of likely N-dealkylation sites (tertiary alicyclic amines) is 1. The summed E-state index contributed by atoms with van der Waals surface area (Å²) < 4.78 is 47.0. The number of carbonyl (C=O) groups is 1. The molecule has 29 heavy (non-hydrogen) atoms. The van der Waals surface area contributed by atoms with E-state index in [4.69, 9.17) is 16.3 Å². The van der Waals surface area contributed by atoms with Crippen LogP contribution in [0.2, 0.25) is 5.02 Å². The molecular weight excluding hydrogens is 407 g/mol. The number of benzene rings is 1. The average molecular weight is 426 g/mol. The van der Waals surface area contributed by atoms with Gasteiger partial charge in [0, 0.05) is 31.5 Å². The number of piperidine rings is 1. The van der Waals surface area contributed by atoms with E-state index in [2.05, 4.69) is 9.88 Å². The molecule has 2 aliphatic heterocycles. The number of alkyl halides is 2. The summed E-state index contributed by atoms with van der Waals surface area (Å²) >= 11 is 5.85. The van der Waals surface area contributed by atoms with Gasteiger partial charge in [0.2, 0.25) is 0 Å². The maximum atomic E-state index is 14.4. The molecule has 3 heterocycles. The van der Waals surface area contributed by atoms with Gasteiger partial charge >= 0.3 is 12.0 Å². The number of pyridine rings is 1. The third kappa shape index (κ3) is 4.24. The predicted molar refractivity (Wildman–Crippen MR) is 101 cm³/mol. The molecule has 0 N–H and O–H groups in total. The van der Waals surface area contributed by atoms with Gasteiger partial charge in [-0.3, -0.25) is 14.7 Å². The van der Waals surface area contributed by atoms with Gasteiger partial charge in [-0.1, -0.05) is 11.6 Å². The number of anilines is 1. The summed E-state index contributed by atoms with van der Waals surface area (Å²) in [6, 6.07) is 8.52. The van der Waals surface area contributed by atoms with Crippen LogP contribution in [0.15, 0.2) is 42.6 Å². The van der Waals surface area contributed by atoms with E-state index in [-0.39, 0.29) is 12.2 Å². The third-order valence-corrected chi connectivity index (χ3v) is 5.59. The SMILES string of the molecule is O=C1N(c2ccc(F)cc2)CC2(CCN(Cc3ccc(Cl)cn3)CC2)OC1(F)F. The maximum absolute atomic E-state index is 14.4. The minimum absolute atomic E-state index is 0.0000899. The second-order valence-corrected chi connectivity index (χ2v) is 7.85. The molecule has 1 aromatic carbocycles. The van der Waals surface area contributed by atoms with Crippen molar-refractivity contribution >= 4 is 23.2 Å². The zero-order valence-corrected chi connectivity index (χ0v) is 16.2. The van der Waals surface area contributed by atoms with Gasteiger partial charge in [-0.15, -0.1) is 0 Å². The highest BCUT2D eigenvalue weighted by atomic mass is 35.5. The van der Waals surface area contributed by atoms with E-state index in [1.165, 1.54) is 12.1 Å². The highest BCUT2D eigenvalue weighted by molar-refractivity contribution is 6.30. The molecule has 0 saturated carbocycles. The van der Waals surface area contributed by atoms with Gasteiger partial charge in [0.15, 0.2) is 0 Å². The van der Waals surface area contributed by atoms with Crippen molar-refractivity contribution in [2.45, 2.75) is 31.1 Å². The highest BCUT2D eigenvalue weighted by Crippen LogP contribution is 2.40. The maximum Gasteiger partial charge on any atom is 0.437 e. The van der Waals surface area contributed by atoms with Crippen molar-refractivity contribution in [3.8, 4) is 0 Å². The van der Waals surface area contributed by atoms with Crippen molar-refractivity contribution in [3.63, 3.8) is 0 Å². The van der Waals surface area contributed by atoms with Gasteiger partial charge in [0.25, 0.3) is 0 Å². The highest BCUT2D eigenvalue weighted by Gasteiger charge is 2.57. The topological polar surface area (TPSA) is 45.7 Å². The lowest BCUT2D eigenvalue weighted by Crippen LogP contribution is -2.64. The molecule has 1 aromatic heterocycles. The van der Waals surface area contributed by atoms with E-state index in [1.54, 1.807) is 12.3 Å². The number of hydrogen-bond donors (Lipinski definition) is 0. The van der Waals surface area contributed by atoms with Crippen LogP contribution >= 0.6 is 11.6 Å². The summed E-state index contributed by atoms with van der Waals surface area (Å²) in [4.78, 5) is 19.6.